The summed E-state index contributed by atoms with van der Waals surface area (Å²) < 4.78 is 5.50. The van der Waals surface area contributed by atoms with Gasteiger partial charge in [0, 0.05) is 0 Å². The van der Waals surface area contributed by atoms with E-state index in [1.54, 1.807) is 0 Å². The summed E-state index contributed by atoms with van der Waals surface area (Å²) in [5.74, 6) is 0. The van der Waals surface area contributed by atoms with E-state index in [-0.39, 0.29) is 11.0 Å². The second kappa shape index (κ2) is 3.37. The smallest absolute Gasteiger partial charge is 0.147 e. The molecule has 0 rings (SSSR count). The fourth-order valence-electron chi connectivity index (χ4n) is 1.17. The SMILES string of the molecule is C=CC(C=C)(O[SiH3])C(C)(C)C. The zero-order chi connectivity index (χ0) is 9.12. The summed E-state index contributed by atoms with van der Waals surface area (Å²) in [5, 5.41) is 0. The van der Waals surface area contributed by atoms with Crippen molar-refractivity contribution in [2.75, 3.05) is 0 Å². The lowest BCUT2D eigenvalue weighted by molar-refractivity contribution is 0.0652. The first-order valence-electron chi connectivity index (χ1n) is 3.76. The lowest BCUT2D eigenvalue weighted by Gasteiger charge is -2.39. The van der Waals surface area contributed by atoms with Crippen LogP contribution in [0, 0.1) is 5.41 Å². The van der Waals surface area contributed by atoms with Crippen molar-refractivity contribution in [2.45, 2.75) is 26.4 Å². The average molecular weight is 170 g/mol. The minimum Gasteiger partial charge on any atom is -0.415 e. The second-order valence-corrected chi connectivity index (χ2v) is 4.06. The van der Waals surface area contributed by atoms with Crippen molar-refractivity contribution in [3.05, 3.63) is 25.3 Å². The molecular weight excluding hydrogens is 152 g/mol. The second-order valence-electron chi connectivity index (χ2n) is 3.66. The molecule has 11 heavy (non-hydrogen) atoms. The highest BCUT2D eigenvalue weighted by atomic mass is 28.2. The largest absolute Gasteiger partial charge is 0.415 e. The first-order chi connectivity index (χ1) is 4.93. The van der Waals surface area contributed by atoms with Crippen LogP contribution in [0.5, 0.6) is 0 Å². The van der Waals surface area contributed by atoms with E-state index < -0.39 is 0 Å². The Morgan fingerprint density at radius 3 is 1.55 bits per heavy atom. The zero-order valence-electron chi connectivity index (χ0n) is 7.98. The molecule has 0 saturated carbocycles. The lowest BCUT2D eigenvalue weighted by atomic mass is 9.77. The maximum atomic E-state index is 5.50. The highest BCUT2D eigenvalue weighted by Crippen LogP contribution is 2.34. The molecule has 0 saturated heterocycles. The monoisotopic (exact) mass is 170 g/mol. The highest BCUT2D eigenvalue weighted by molar-refractivity contribution is 5.98. The van der Waals surface area contributed by atoms with Crippen LogP contribution in [0.3, 0.4) is 0 Å². The first kappa shape index (κ1) is 10.7. The van der Waals surface area contributed by atoms with E-state index in [0.717, 1.165) is 0 Å². The van der Waals surface area contributed by atoms with Gasteiger partial charge in [0.2, 0.25) is 0 Å². The van der Waals surface area contributed by atoms with Crippen LogP contribution in [0.4, 0.5) is 0 Å². The Kier molecular flexibility index (Phi) is 3.26. The van der Waals surface area contributed by atoms with Crippen molar-refractivity contribution < 1.29 is 4.43 Å². The Morgan fingerprint density at radius 1 is 1.18 bits per heavy atom. The van der Waals surface area contributed by atoms with E-state index in [4.69, 9.17) is 4.43 Å². The number of hydrogen-bond acceptors (Lipinski definition) is 1. The van der Waals surface area contributed by atoms with E-state index in [9.17, 15) is 0 Å². The van der Waals surface area contributed by atoms with Crippen molar-refractivity contribution in [1.82, 2.24) is 0 Å². The summed E-state index contributed by atoms with van der Waals surface area (Å²) in [7, 11) is 0.704. The fraction of sp³-hybridized carbons (Fsp3) is 0.556. The lowest BCUT2D eigenvalue weighted by Crippen LogP contribution is -2.40. The standard InChI is InChI=1S/C9H18OSi/c1-6-9(7-2,10-11)8(3,4)5/h6-7H,1-2H2,3-5,11H3. The molecular formula is C9H18OSi. The highest BCUT2D eigenvalue weighted by Gasteiger charge is 2.35. The van der Waals surface area contributed by atoms with Crippen LogP contribution in [0.1, 0.15) is 20.8 Å². The van der Waals surface area contributed by atoms with Gasteiger partial charge in [-0.05, 0) is 5.41 Å². The Bertz CT molecular complexity index is 147. The normalized spacial score (nSPS) is 13.0. The molecule has 0 fully saturated rings. The van der Waals surface area contributed by atoms with Crippen LogP contribution >= 0.6 is 0 Å². The van der Waals surface area contributed by atoms with Crippen LogP contribution in [0.15, 0.2) is 25.3 Å². The van der Waals surface area contributed by atoms with Crippen molar-refractivity contribution in [3.63, 3.8) is 0 Å². The van der Waals surface area contributed by atoms with Gasteiger partial charge in [-0.25, -0.2) is 0 Å². The third kappa shape index (κ3) is 1.82. The molecule has 0 spiro atoms. The van der Waals surface area contributed by atoms with Crippen molar-refractivity contribution >= 4 is 10.5 Å². The Labute approximate surface area is 72.7 Å². The van der Waals surface area contributed by atoms with Gasteiger partial charge in [0.25, 0.3) is 0 Å². The summed E-state index contributed by atoms with van der Waals surface area (Å²) >= 11 is 0. The third-order valence-electron chi connectivity index (χ3n) is 2.12. The third-order valence-corrected chi connectivity index (χ3v) is 2.79. The predicted molar refractivity (Wildman–Crippen MR) is 53.6 cm³/mol. The molecule has 0 N–H and O–H groups in total. The molecule has 0 aliphatic heterocycles. The summed E-state index contributed by atoms with van der Waals surface area (Å²) in [5.41, 5.74) is -0.308. The minimum absolute atomic E-state index is 0.0399. The van der Waals surface area contributed by atoms with Crippen LogP contribution in [-0.2, 0) is 4.43 Å². The van der Waals surface area contributed by atoms with E-state index >= 15 is 0 Å². The van der Waals surface area contributed by atoms with Gasteiger partial charge in [-0.3, -0.25) is 0 Å². The molecule has 0 aromatic heterocycles. The van der Waals surface area contributed by atoms with Crippen molar-refractivity contribution in [2.24, 2.45) is 5.41 Å². The molecule has 0 aromatic rings. The molecule has 0 atom stereocenters. The molecule has 0 aliphatic rings. The fourth-order valence-corrected chi connectivity index (χ4v) is 2.11. The summed E-state index contributed by atoms with van der Waals surface area (Å²) in [6.45, 7) is 13.9. The van der Waals surface area contributed by atoms with E-state index in [2.05, 4.69) is 33.9 Å². The molecule has 0 bridgehead atoms. The van der Waals surface area contributed by atoms with Gasteiger partial charge < -0.3 is 4.43 Å². The molecule has 0 aromatic carbocycles. The molecule has 64 valence electrons. The van der Waals surface area contributed by atoms with Gasteiger partial charge in [-0.1, -0.05) is 46.1 Å². The van der Waals surface area contributed by atoms with Gasteiger partial charge in [-0.15, -0.1) is 0 Å². The average Bonchev–Trinajstić information content (AvgIpc) is 1.90. The van der Waals surface area contributed by atoms with Gasteiger partial charge in [-0.2, -0.15) is 0 Å². The van der Waals surface area contributed by atoms with Crippen LogP contribution in [-0.4, -0.2) is 16.1 Å². The van der Waals surface area contributed by atoms with Gasteiger partial charge in [0.05, 0.1) is 5.60 Å². The van der Waals surface area contributed by atoms with Crippen LogP contribution < -0.4 is 0 Å². The summed E-state index contributed by atoms with van der Waals surface area (Å²) in [4.78, 5) is 0. The van der Waals surface area contributed by atoms with Crippen molar-refractivity contribution in [1.29, 1.82) is 0 Å². The van der Waals surface area contributed by atoms with E-state index in [0.29, 0.717) is 10.5 Å². The number of hydrogen-bond donors (Lipinski definition) is 0. The van der Waals surface area contributed by atoms with Gasteiger partial charge >= 0.3 is 0 Å². The molecule has 0 amide bonds. The number of rotatable bonds is 3. The first-order valence-corrected chi connectivity index (χ1v) is 4.57. The quantitative estimate of drug-likeness (QED) is 0.460. The Balaban J connectivity index is 4.83. The van der Waals surface area contributed by atoms with Gasteiger partial charge in [0.15, 0.2) is 0 Å². The maximum Gasteiger partial charge on any atom is 0.147 e. The Morgan fingerprint density at radius 2 is 1.55 bits per heavy atom. The molecule has 1 nitrogen and oxygen atoms in total. The van der Waals surface area contributed by atoms with Crippen LogP contribution in [0.25, 0.3) is 0 Å². The van der Waals surface area contributed by atoms with Crippen molar-refractivity contribution in [3.8, 4) is 0 Å². The Hall–Kier alpha value is -0.343. The molecule has 0 aliphatic carbocycles. The van der Waals surface area contributed by atoms with E-state index in [1.807, 2.05) is 12.2 Å². The molecule has 0 heterocycles. The van der Waals surface area contributed by atoms with E-state index in [1.165, 1.54) is 0 Å². The minimum atomic E-state index is -0.348. The zero-order valence-corrected chi connectivity index (χ0v) is 9.98. The molecule has 0 unspecified atom stereocenters. The maximum absolute atomic E-state index is 5.50. The van der Waals surface area contributed by atoms with Gasteiger partial charge in [0.1, 0.15) is 10.5 Å². The molecule has 0 radical (unpaired) electrons. The summed E-state index contributed by atoms with van der Waals surface area (Å²) in [6.07, 6.45) is 3.65. The topological polar surface area (TPSA) is 9.23 Å². The predicted octanol–water partition coefficient (Wildman–Crippen LogP) is 1.44. The summed E-state index contributed by atoms with van der Waals surface area (Å²) in [6, 6.07) is 0. The van der Waals surface area contributed by atoms with Crippen LogP contribution in [0.2, 0.25) is 0 Å². The molecule has 2 heteroatoms.